The molecule has 0 amide bonds. The molecule has 0 saturated carbocycles. The van der Waals surface area contributed by atoms with Crippen molar-refractivity contribution in [2.75, 3.05) is 0 Å². The van der Waals surface area contributed by atoms with Gasteiger partial charge in [0.2, 0.25) is 5.78 Å². The van der Waals surface area contributed by atoms with E-state index in [1.807, 2.05) is 24.3 Å². The van der Waals surface area contributed by atoms with Gasteiger partial charge in [0.05, 0.1) is 0 Å². The predicted molar refractivity (Wildman–Crippen MR) is 68.2 cm³/mol. The van der Waals surface area contributed by atoms with E-state index in [-0.39, 0.29) is 5.78 Å². The number of rotatable bonds is 3. The van der Waals surface area contributed by atoms with Gasteiger partial charge in [0.15, 0.2) is 0 Å². The molecular weight excluding hydrogens is 210 g/mol. The normalized spacial score (nSPS) is 10.5. The van der Waals surface area contributed by atoms with Crippen LogP contribution in [0.3, 0.4) is 0 Å². The van der Waals surface area contributed by atoms with Crippen LogP contribution < -0.4 is 0 Å². The second kappa shape index (κ2) is 4.91. The van der Waals surface area contributed by atoms with Crippen LogP contribution in [0.5, 0.6) is 0 Å². The average Bonchev–Trinajstić information content (AvgIpc) is 2.39. The SMILES string of the molecule is CC(C)c1ccc(C(=O)c2ccccc2)nc1. The molecule has 0 aliphatic heterocycles. The Morgan fingerprint density at radius 3 is 2.29 bits per heavy atom. The van der Waals surface area contributed by atoms with Gasteiger partial charge in [-0.1, -0.05) is 50.2 Å². The highest BCUT2D eigenvalue weighted by Gasteiger charge is 2.10. The van der Waals surface area contributed by atoms with Crippen LogP contribution >= 0.6 is 0 Å². The number of hydrogen-bond donors (Lipinski definition) is 0. The summed E-state index contributed by atoms with van der Waals surface area (Å²) in [7, 11) is 0. The molecule has 2 aromatic rings. The van der Waals surface area contributed by atoms with E-state index < -0.39 is 0 Å². The van der Waals surface area contributed by atoms with Crippen LogP contribution in [-0.4, -0.2) is 10.8 Å². The first kappa shape index (κ1) is 11.5. The second-order valence-electron chi connectivity index (χ2n) is 4.33. The number of carbonyl (C=O) groups is 1. The molecule has 0 aliphatic rings. The Labute approximate surface area is 101 Å². The minimum Gasteiger partial charge on any atom is -0.287 e. The monoisotopic (exact) mass is 225 g/mol. The third kappa shape index (κ3) is 2.59. The lowest BCUT2D eigenvalue weighted by atomic mass is 10.0. The summed E-state index contributed by atoms with van der Waals surface area (Å²) in [6.07, 6.45) is 1.78. The van der Waals surface area contributed by atoms with E-state index in [0.29, 0.717) is 17.2 Å². The maximum atomic E-state index is 12.1. The number of hydrogen-bond acceptors (Lipinski definition) is 2. The zero-order valence-corrected chi connectivity index (χ0v) is 10.1. The number of pyridine rings is 1. The summed E-state index contributed by atoms with van der Waals surface area (Å²) >= 11 is 0. The Balaban J connectivity index is 2.27. The van der Waals surface area contributed by atoms with Crippen LogP contribution in [0.1, 0.15) is 41.4 Å². The fraction of sp³-hybridized carbons (Fsp3) is 0.200. The van der Waals surface area contributed by atoms with Crippen molar-refractivity contribution >= 4 is 5.78 Å². The first-order chi connectivity index (χ1) is 8.18. The van der Waals surface area contributed by atoms with E-state index in [4.69, 9.17) is 0 Å². The smallest absolute Gasteiger partial charge is 0.211 e. The minimum absolute atomic E-state index is 0.0269. The number of aromatic nitrogens is 1. The van der Waals surface area contributed by atoms with Crippen LogP contribution in [-0.2, 0) is 0 Å². The van der Waals surface area contributed by atoms with Gasteiger partial charge in [-0.25, -0.2) is 0 Å². The lowest BCUT2D eigenvalue weighted by Crippen LogP contribution is -2.04. The van der Waals surface area contributed by atoms with Crippen molar-refractivity contribution in [1.29, 1.82) is 0 Å². The summed E-state index contributed by atoms with van der Waals surface area (Å²) in [6.45, 7) is 4.21. The number of nitrogens with zero attached hydrogens (tertiary/aromatic N) is 1. The van der Waals surface area contributed by atoms with Gasteiger partial charge < -0.3 is 0 Å². The van der Waals surface area contributed by atoms with Gasteiger partial charge in [0.25, 0.3) is 0 Å². The maximum absolute atomic E-state index is 12.1. The predicted octanol–water partition coefficient (Wildman–Crippen LogP) is 3.44. The summed E-state index contributed by atoms with van der Waals surface area (Å²) in [5.41, 5.74) is 2.33. The molecule has 0 bridgehead atoms. The van der Waals surface area contributed by atoms with Gasteiger partial charge in [-0.3, -0.25) is 9.78 Å². The second-order valence-corrected chi connectivity index (χ2v) is 4.33. The van der Waals surface area contributed by atoms with Crippen LogP contribution in [0.15, 0.2) is 48.7 Å². The van der Waals surface area contributed by atoms with Crippen molar-refractivity contribution in [2.45, 2.75) is 19.8 Å². The number of benzene rings is 1. The maximum Gasteiger partial charge on any atom is 0.211 e. The molecule has 0 fully saturated rings. The highest BCUT2D eigenvalue weighted by molar-refractivity contribution is 6.07. The summed E-state index contributed by atoms with van der Waals surface area (Å²) in [4.78, 5) is 16.3. The molecule has 2 heteroatoms. The summed E-state index contributed by atoms with van der Waals surface area (Å²) in [5, 5.41) is 0. The summed E-state index contributed by atoms with van der Waals surface area (Å²) in [5.74, 6) is 0.407. The number of ketones is 1. The van der Waals surface area contributed by atoms with E-state index in [1.165, 1.54) is 0 Å². The average molecular weight is 225 g/mol. The summed E-state index contributed by atoms with van der Waals surface area (Å²) < 4.78 is 0. The van der Waals surface area contributed by atoms with Crippen molar-refractivity contribution in [1.82, 2.24) is 4.98 Å². The Hall–Kier alpha value is -1.96. The van der Waals surface area contributed by atoms with Crippen LogP contribution in [0.4, 0.5) is 0 Å². The molecule has 0 unspecified atom stereocenters. The Kier molecular flexibility index (Phi) is 3.33. The van der Waals surface area contributed by atoms with Crippen LogP contribution in [0.25, 0.3) is 0 Å². The van der Waals surface area contributed by atoms with Gasteiger partial charge in [-0.15, -0.1) is 0 Å². The Bertz CT molecular complexity index is 500. The molecule has 0 saturated heterocycles. The molecule has 1 aromatic heterocycles. The fourth-order valence-electron chi connectivity index (χ4n) is 1.62. The van der Waals surface area contributed by atoms with E-state index >= 15 is 0 Å². The van der Waals surface area contributed by atoms with E-state index in [1.54, 1.807) is 24.4 Å². The minimum atomic E-state index is -0.0269. The Morgan fingerprint density at radius 2 is 1.76 bits per heavy atom. The van der Waals surface area contributed by atoms with Crippen molar-refractivity contribution < 1.29 is 4.79 Å². The third-order valence-electron chi connectivity index (χ3n) is 2.72. The molecule has 2 rings (SSSR count). The molecule has 2 nitrogen and oxygen atoms in total. The highest BCUT2D eigenvalue weighted by atomic mass is 16.1. The van der Waals surface area contributed by atoms with Gasteiger partial charge in [0.1, 0.15) is 5.69 Å². The Morgan fingerprint density at radius 1 is 1.06 bits per heavy atom. The molecule has 1 heterocycles. The third-order valence-corrected chi connectivity index (χ3v) is 2.72. The standard InChI is InChI=1S/C15H15NO/c1-11(2)13-8-9-14(16-10-13)15(17)12-6-4-3-5-7-12/h3-11H,1-2H3. The van der Waals surface area contributed by atoms with Gasteiger partial charge in [-0.2, -0.15) is 0 Å². The topological polar surface area (TPSA) is 30.0 Å². The van der Waals surface area contributed by atoms with Crippen molar-refractivity contribution in [2.24, 2.45) is 0 Å². The molecule has 0 aliphatic carbocycles. The van der Waals surface area contributed by atoms with Gasteiger partial charge in [-0.05, 0) is 17.5 Å². The lowest BCUT2D eigenvalue weighted by molar-refractivity contribution is 0.103. The lowest BCUT2D eigenvalue weighted by Gasteiger charge is -2.05. The first-order valence-corrected chi connectivity index (χ1v) is 5.74. The van der Waals surface area contributed by atoms with Crippen LogP contribution in [0.2, 0.25) is 0 Å². The van der Waals surface area contributed by atoms with Gasteiger partial charge in [0, 0.05) is 11.8 Å². The van der Waals surface area contributed by atoms with E-state index in [9.17, 15) is 4.79 Å². The highest BCUT2D eigenvalue weighted by Crippen LogP contribution is 2.14. The molecule has 0 atom stereocenters. The molecule has 0 spiro atoms. The molecule has 0 N–H and O–H groups in total. The zero-order valence-electron chi connectivity index (χ0n) is 10.1. The number of carbonyl (C=O) groups excluding carboxylic acids is 1. The largest absolute Gasteiger partial charge is 0.287 e. The van der Waals surface area contributed by atoms with Crippen molar-refractivity contribution in [3.05, 3.63) is 65.5 Å². The molecule has 17 heavy (non-hydrogen) atoms. The van der Waals surface area contributed by atoms with Crippen molar-refractivity contribution in [3.63, 3.8) is 0 Å². The summed E-state index contributed by atoms with van der Waals surface area (Å²) in [6, 6.07) is 13.0. The fourth-order valence-corrected chi connectivity index (χ4v) is 1.62. The first-order valence-electron chi connectivity index (χ1n) is 5.74. The molecule has 1 aromatic carbocycles. The zero-order chi connectivity index (χ0) is 12.3. The van der Waals surface area contributed by atoms with E-state index in [0.717, 1.165) is 5.56 Å². The van der Waals surface area contributed by atoms with Crippen LogP contribution in [0, 0.1) is 0 Å². The molecule has 86 valence electrons. The van der Waals surface area contributed by atoms with Gasteiger partial charge >= 0.3 is 0 Å². The molecular formula is C15H15NO. The van der Waals surface area contributed by atoms with E-state index in [2.05, 4.69) is 18.8 Å². The molecule has 0 radical (unpaired) electrons. The van der Waals surface area contributed by atoms with Crippen molar-refractivity contribution in [3.8, 4) is 0 Å². The quantitative estimate of drug-likeness (QED) is 0.749.